The molecule has 2 heterocycles. The SMILES string of the molecule is CC(=O)N[C@@H](CSc1nc2c(=O)[nH]c(N)nc2n1Cc1ccccc1)C(=O)NCCOCCOCCOCCOCCOCCCCCCCl.O=C(O)C(F)(F)F. The molecule has 17 nitrogen and oxygen atoms in total. The number of nitrogens with two attached hydrogens (primary N) is 1. The molecule has 6 N–H and O–H groups in total. The molecule has 0 aliphatic heterocycles. The molecule has 0 unspecified atom stereocenters. The number of thioether (sulfide) groups is 1. The van der Waals surface area contributed by atoms with E-state index in [0.29, 0.717) is 70.2 Å². The van der Waals surface area contributed by atoms with E-state index in [-0.39, 0.29) is 42.2 Å². The number of alkyl halides is 4. The zero-order chi connectivity index (χ0) is 41.9. The van der Waals surface area contributed by atoms with E-state index in [9.17, 15) is 27.6 Å². The van der Waals surface area contributed by atoms with Crippen molar-refractivity contribution in [1.82, 2.24) is 30.2 Å². The van der Waals surface area contributed by atoms with Crippen LogP contribution in [0.1, 0.15) is 38.2 Å². The van der Waals surface area contributed by atoms with Crippen molar-refractivity contribution in [3.05, 3.63) is 46.2 Å². The number of aromatic amines is 1. The third-order valence-electron chi connectivity index (χ3n) is 7.29. The van der Waals surface area contributed by atoms with E-state index in [1.807, 2.05) is 30.3 Å². The van der Waals surface area contributed by atoms with Crippen LogP contribution in [0.5, 0.6) is 0 Å². The monoisotopic (exact) mass is 853 g/mol. The predicted octanol–water partition coefficient (Wildman–Crippen LogP) is 2.98. The Balaban J connectivity index is 0.00000146. The Morgan fingerprint density at radius 1 is 0.895 bits per heavy atom. The van der Waals surface area contributed by atoms with Crippen molar-refractivity contribution in [1.29, 1.82) is 0 Å². The minimum atomic E-state index is -5.08. The Bertz CT molecular complexity index is 1670. The Hall–Kier alpha value is -3.99. The third-order valence-corrected chi connectivity index (χ3v) is 8.63. The van der Waals surface area contributed by atoms with Gasteiger partial charge in [-0.2, -0.15) is 18.2 Å². The number of benzene rings is 1. The van der Waals surface area contributed by atoms with Gasteiger partial charge in [-0.05, 0) is 18.4 Å². The van der Waals surface area contributed by atoms with Crippen molar-refractivity contribution in [2.45, 2.75) is 56.5 Å². The maximum Gasteiger partial charge on any atom is 0.490 e. The van der Waals surface area contributed by atoms with E-state index in [0.717, 1.165) is 43.7 Å². The number of imidazole rings is 1. The van der Waals surface area contributed by atoms with Gasteiger partial charge in [0.15, 0.2) is 16.3 Å². The van der Waals surface area contributed by atoms with Crippen LogP contribution < -0.4 is 21.9 Å². The lowest BCUT2D eigenvalue weighted by molar-refractivity contribution is -0.192. The average molecular weight is 854 g/mol. The first-order valence-corrected chi connectivity index (χ1v) is 19.6. The second-order valence-corrected chi connectivity index (χ2v) is 13.3. The molecule has 3 aromatic rings. The van der Waals surface area contributed by atoms with Crippen molar-refractivity contribution in [2.75, 3.05) is 90.0 Å². The van der Waals surface area contributed by atoms with E-state index in [4.69, 9.17) is 50.9 Å². The van der Waals surface area contributed by atoms with Crippen LogP contribution in [0, 0.1) is 0 Å². The quantitative estimate of drug-likeness (QED) is 0.0402. The summed E-state index contributed by atoms with van der Waals surface area (Å²) in [5, 5.41) is 13.1. The van der Waals surface area contributed by atoms with Crippen LogP contribution in [-0.2, 0) is 44.6 Å². The summed E-state index contributed by atoms with van der Waals surface area (Å²) < 4.78 is 61.1. The minimum Gasteiger partial charge on any atom is -0.475 e. The highest BCUT2D eigenvalue weighted by molar-refractivity contribution is 7.99. The number of nitrogen functional groups attached to an aromatic ring is 1. The van der Waals surface area contributed by atoms with E-state index >= 15 is 0 Å². The Morgan fingerprint density at radius 2 is 1.44 bits per heavy atom. The van der Waals surface area contributed by atoms with Crippen LogP contribution in [0.25, 0.3) is 11.2 Å². The number of carbonyl (C=O) groups is 3. The number of aromatic nitrogens is 4. The van der Waals surface area contributed by atoms with Crippen LogP contribution in [0.15, 0.2) is 40.3 Å². The molecule has 0 fully saturated rings. The van der Waals surface area contributed by atoms with Crippen LogP contribution in [0.3, 0.4) is 0 Å². The highest BCUT2D eigenvalue weighted by Gasteiger charge is 2.38. The Kier molecular flexibility index (Phi) is 24.5. The first-order chi connectivity index (χ1) is 27.3. The lowest BCUT2D eigenvalue weighted by Crippen LogP contribution is -2.48. The van der Waals surface area contributed by atoms with Gasteiger partial charge >= 0.3 is 12.1 Å². The second-order valence-electron chi connectivity index (χ2n) is 11.9. The van der Waals surface area contributed by atoms with Crippen LogP contribution >= 0.6 is 23.4 Å². The number of anilines is 1. The number of carboxylic acid groups (broad SMARTS) is 1. The number of H-pyrrole nitrogens is 1. The fraction of sp³-hybridized carbons (Fsp3) is 0.600. The molecule has 57 heavy (non-hydrogen) atoms. The maximum absolute atomic E-state index is 13.0. The summed E-state index contributed by atoms with van der Waals surface area (Å²) in [7, 11) is 0. The van der Waals surface area contributed by atoms with E-state index in [1.165, 1.54) is 18.7 Å². The van der Waals surface area contributed by atoms with Gasteiger partial charge in [-0.1, -0.05) is 54.9 Å². The van der Waals surface area contributed by atoms with Crippen molar-refractivity contribution in [3.63, 3.8) is 0 Å². The molecule has 320 valence electrons. The van der Waals surface area contributed by atoms with Gasteiger partial charge in [0.2, 0.25) is 17.8 Å². The van der Waals surface area contributed by atoms with E-state index in [2.05, 4.69) is 25.6 Å². The number of hydrogen-bond acceptors (Lipinski definition) is 13. The molecular weight excluding hydrogens is 803 g/mol. The van der Waals surface area contributed by atoms with Crippen LogP contribution in [0.2, 0.25) is 0 Å². The van der Waals surface area contributed by atoms with Crippen molar-refractivity contribution >= 4 is 58.3 Å². The van der Waals surface area contributed by atoms with Gasteiger partial charge < -0.3 is 45.2 Å². The number of aliphatic carboxylic acids is 1. The van der Waals surface area contributed by atoms with Gasteiger partial charge in [0, 0.05) is 31.7 Å². The smallest absolute Gasteiger partial charge is 0.475 e. The highest BCUT2D eigenvalue weighted by atomic mass is 35.5. The fourth-order valence-electron chi connectivity index (χ4n) is 4.62. The summed E-state index contributed by atoms with van der Waals surface area (Å²) in [5.74, 6) is -2.64. The number of hydrogen-bond donors (Lipinski definition) is 5. The van der Waals surface area contributed by atoms with Gasteiger partial charge in [0.05, 0.1) is 66.0 Å². The number of nitrogens with zero attached hydrogens (tertiary/aromatic N) is 3. The number of amides is 2. The molecule has 1 atom stereocenters. The van der Waals surface area contributed by atoms with Gasteiger partial charge in [0.1, 0.15) is 6.04 Å². The summed E-state index contributed by atoms with van der Waals surface area (Å²) in [5.41, 5.74) is 6.77. The number of rotatable bonds is 28. The lowest BCUT2D eigenvalue weighted by atomic mass is 10.2. The van der Waals surface area contributed by atoms with Crippen LogP contribution in [-0.4, -0.2) is 139 Å². The van der Waals surface area contributed by atoms with Crippen molar-refractivity contribution < 1.29 is 56.3 Å². The maximum atomic E-state index is 13.0. The number of carboxylic acids is 1. The topological polar surface area (TPSA) is 231 Å². The van der Waals surface area contributed by atoms with Crippen molar-refractivity contribution in [2.24, 2.45) is 0 Å². The summed E-state index contributed by atoms with van der Waals surface area (Å²) in [4.78, 5) is 57.6. The van der Waals surface area contributed by atoms with Crippen molar-refractivity contribution in [3.8, 4) is 0 Å². The Morgan fingerprint density at radius 3 is 1.98 bits per heavy atom. The van der Waals surface area contributed by atoms with Gasteiger partial charge in [-0.15, -0.1) is 11.6 Å². The number of ether oxygens (including phenoxy) is 5. The molecule has 2 amide bonds. The molecule has 0 bridgehead atoms. The molecule has 0 saturated heterocycles. The number of halogens is 4. The number of nitrogens with one attached hydrogen (secondary N) is 3. The first-order valence-electron chi connectivity index (χ1n) is 18.1. The lowest BCUT2D eigenvalue weighted by Gasteiger charge is -2.17. The number of fused-ring (bicyclic) bond motifs is 1. The molecule has 0 radical (unpaired) electrons. The van der Waals surface area contributed by atoms with Gasteiger partial charge in [-0.25, -0.2) is 9.78 Å². The second kappa shape index (κ2) is 28.4. The third kappa shape index (κ3) is 21.4. The predicted molar refractivity (Wildman–Crippen MR) is 206 cm³/mol. The molecule has 3 rings (SSSR count). The minimum absolute atomic E-state index is 0.0264. The zero-order valence-corrected chi connectivity index (χ0v) is 33.2. The van der Waals surface area contributed by atoms with Gasteiger partial charge in [0.25, 0.3) is 5.56 Å². The van der Waals surface area contributed by atoms with Gasteiger partial charge in [-0.3, -0.25) is 23.9 Å². The summed E-state index contributed by atoms with van der Waals surface area (Å²) in [6.07, 6.45) is -0.690. The normalized spacial score (nSPS) is 11.9. The number of unbranched alkanes of at least 4 members (excludes halogenated alkanes) is 3. The van der Waals surface area contributed by atoms with E-state index in [1.54, 1.807) is 4.57 Å². The Labute approximate surface area is 336 Å². The summed E-state index contributed by atoms with van der Waals surface area (Å²) in [6, 6.07) is 8.75. The van der Waals surface area contributed by atoms with E-state index < -0.39 is 23.7 Å². The fourth-order valence-corrected chi connectivity index (χ4v) is 5.82. The first kappa shape index (κ1) is 49.2. The largest absolute Gasteiger partial charge is 0.490 e. The molecule has 0 aliphatic carbocycles. The molecule has 0 aliphatic rings. The zero-order valence-electron chi connectivity index (χ0n) is 31.7. The summed E-state index contributed by atoms with van der Waals surface area (Å²) in [6.45, 7) is 6.70. The summed E-state index contributed by atoms with van der Waals surface area (Å²) >= 11 is 6.88. The standard InChI is InChI=1S/C33H50ClN7O8S.C2HF3O2/c1-25(42)37-27(24-50-33-38-28-29(39-32(35)40-31(28)44)41(33)23-26-9-5-4-6-10-26)30(43)36-12-14-46-16-18-48-20-22-49-21-19-47-17-15-45-13-8-3-2-7-11-34;3-2(4,5)1(6)7/h4-6,9-10,27H,2-3,7-8,11-24H2,1H3,(H,36,43)(H,37,42)(H3,35,39,40,44);(H,6,7)/t27-;/m0./s1. The molecule has 0 spiro atoms. The molecular formula is C35H51ClF3N7O10S. The molecule has 0 saturated carbocycles. The average Bonchev–Trinajstić information content (AvgIpc) is 3.50. The van der Waals surface area contributed by atoms with Crippen LogP contribution in [0.4, 0.5) is 19.1 Å². The molecule has 22 heteroatoms. The molecule has 1 aromatic carbocycles. The highest BCUT2D eigenvalue weighted by Crippen LogP contribution is 2.24. The molecule has 2 aromatic heterocycles. The number of carbonyl (C=O) groups excluding carboxylic acids is 2.